The van der Waals surface area contributed by atoms with Crippen LogP contribution in [0.2, 0.25) is 5.02 Å². The molecule has 1 unspecified atom stereocenters. The SMILES string of the molecule is C#CCNC(=O)C(C)Nc1ccccc1Cl. The summed E-state index contributed by atoms with van der Waals surface area (Å²) in [4.78, 5) is 11.5. The van der Waals surface area contributed by atoms with Gasteiger partial charge in [-0.25, -0.2) is 0 Å². The molecule has 0 fully saturated rings. The maximum atomic E-state index is 11.5. The minimum atomic E-state index is -0.381. The molecule has 0 aliphatic rings. The standard InChI is InChI=1S/C12H13ClN2O/c1-3-8-14-12(16)9(2)15-11-7-5-4-6-10(11)13/h1,4-7,9,15H,8H2,2H3,(H,14,16). The Kier molecular flexibility index (Phi) is 4.68. The molecule has 16 heavy (non-hydrogen) atoms. The fourth-order valence-electron chi connectivity index (χ4n) is 1.17. The monoisotopic (exact) mass is 236 g/mol. The zero-order valence-corrected chi connectivity index (χ0v) is 9.71. The number of hydrogen-bond donors (Lipinski definition) is 2. The highest BCUT2D eigenvalue weighted by Crippen LogP contribution is 2.20. The second kappa shape index (κ2) is 6.04. The quantitative estimate of drug-likeness (QED) is 0.784. The number of halogens is 1. The van der Waals surface area contributed by atoms with Gasteiger partial charge in [0.15, 0.2) is 0 Å². The minimum absolute atomic E-state index is 0.155. The van der Waals surface area contributed by atoms with Crippen LogP contribution in [-0.2, 0) is 4.79 Å². The van der Waals surface area contributed by atoms with Crippen LogP contribution in [0.3, 0.4) is 0 Å². The average Bonchev–Trinajstić information content (AvgIpc) is 2.28. The van der Waals surface area contributed by atoms with Crippen LogP contribution < -0.4 is 10.6 Å². The summed E-state index contributed by atoms with van der Waals surface area (Å²) in [5.41, 5.74) is 0.729. The van der Waals surface area contributed by atoms with E-state index in [0.717, 1.165) is 5.69 Å². The van der Waals surface area contributed by atoms with Gasteiger partial charge >= 0.3 is 0 Å². The second-order valence-corrected chi connectivity index (χ2v) is 3.68. The summed E-state index contributed by atoms with van der Waals surface area (Å²) < 4.78 is 0. The first-order chi connectivity index (χ1) is 7.65. The number of para-hydroxylation sites is 1. The van der Waals surface area contributed by atoms with Crippen molar-refractivity contribution in [1.82, 2.24) is 5.32 Å². The van der Waals surface area contributed by atoms with E-state index in [9.17, 15) is 4.79 Å². The highest BCUT2D eigenvalue weighted by atomic mass is 35.5. The molecule has 1 amide bonds. The largest absolute Gasteiger partial charge is 0.373 e. The lowest BCUT2D eigenvalue weighted by atomic mass is 10.2. The van der Waals surface area contributed by atoms with Crippen LogP contribution in [0.15, 0.2) is 24.3 Å². The van der Waals surface area contributed by atoms with Gasteiger partial charge in [0.25, 0.3) is 0 Å². The van der Waals surface area contributed by atoms with Crippen molar-refractivity contribution in [1.29, 1.82) is 0 Å². The molecule has 0 aromatic heterocycles. The lowest BCUT2D eigenvalue weighted by Gasteiger charge is -2.15. The summed E-state index contributed by atoms with van der Waals surface area (Å²) in [5.74, 6) is 2.19. The van der Waals surface area contributed by atoms with Crippen molar-refractivity contribution in [3.8, 4) is 12.3 Å². The number of terminal acetylenes is 1. The zero-order chi connectivity index (χ0) is 12.0. The average molecular weight is 237 g/mol. The molecule has 0 radical (unpaired) electrons. The van der Waals surface area contributed by atoms with Gasteiger partial charge in [-0.05, 0) is 19.1 Å². The van der Waals surface area contributed by atoms with Crippen LogP contribution >= 0.6 is 11.6 Å². The van der Waals surface area contributed by atoms with Crippen molar-refractivity contribution in [2.75, 3.05) is 11.9 Å². The van der Waals surface area contributed by atoms with E-state index in [0.29, 0.717) is 5.02 Å². The van der Waals surface area contributed by atoms with E-state index in [1.165, 1.54) is 0 Å². The molecule has 0 spiro atoms. The maximum Gasteiger partial charge on any atom is 0.242 e. The van der Waals surface area contributed by atoms with Crippen molar-refractivity contribution in [2.24, 2.45) is 0 Å². The molecule has 1 rings (SSSR count). The van der Waals surface area contributed by atoms with Crippen molar-refractivity contribution >= 4 is 23.2 Å². The summed E-state index contributed by atoms with van der Waals surface area (Å²) in [5, 5.41) is 6.18. The Labute approximate surface area is 100 Å². The van der Waals surface area contributed by atoms with E-state index >= 15 is 0 Å². The predicted octanol–water partition coefficient (Wildman–Crippen LogP) is 1.89. The van der Waals surface area contributed by atoms with Gasteiger partial charge in [-0.2, -0.15) is 0 Å². The molecule has 3 nitrogen and oxygen atoms in total. The topological polar surface area (TPSA) is 41.1 Å². The number of carbonyl (C=O) groups is 1. The lowest BCUT2D eigenvalue weighted by Crippen LogP contribution is -2.37. The van der Waals surface area contributed by atoms with E-state index in [1.807, 2.05) is 18.2 Å². The second-order valence-electron chi connectivity index (χ2n) is 3.27. The molecule has 0 aliphatic heterocycles. The predicted molar refractivity (Wildman–Crippen MR) is 66.4 cm³/mol. The molecule has 0 saturated heterocycles. The third kappa shape index (κ3) is 3.48. The number of nitrogens with one attached hydrogen (secondary N) is 2. The first kappa shape index (κ1) is 12.4. The molecule has 1 aromatic carbocycles. The Hall–Kier alpha value is -1.66. The van der Waals surface area contributed by atoms with Crippen LogP contribution in [0.1, 0.15) is 6.92 Å². The Morgan fingerprint density at radius 1 is 1.56 bits per heavy atom. The fraction of sp³-hybridized carbons (Fsp3) is 0.250. The number of hydrogen-bond acceptors (Lipinski definition) is 2. The van der Waals surface area contributed by atoms with E-state index in [2.05, 4.69) is 16.6 Å². The van der Waals surface area contributed by atoms with Gasteiger partial charge in [-0.3, -0.25) is 4.79 Å². The number of rotatable bonds is 4. The highest BCUT2D eigenvalue weighted by molar-refractivity contribution is 6.33. The fourth-order valence-corrected chi connectivity index (χ4v) is 1.36. The van der Waals surface area contributed by atoms with Crippen molar-refractivity contribution in [2.45, 2.75) is 13.0 Å². The van der Waals surface area contributed by atoms with Gasteiger partial charge in [0.1, 0.15) is 6.04 Å². The third-order valence-corrected chi connectivity index (χ3v) is 2.33. The summed E-state index contributed by atoms with van der Waals surface area (Å²) in [6.45, 7) is 1.97. The van der Waals surface area contributed by atoms with Crippen molar-refractivity contribution in [3.05, 3.63) is 29.3 Å². The molecule has 1 atom stereocenters. The smallest absolute Gasteiger partial charge is 0.242 e. The molecule has 1 aromatic rings. The minimum Gasteiger partial charge on any atom is -0.373 e. The van der Waals surface area contributed by atoms with Gasteiger partial charge in [0, 0.05) is 0 Å². The van der Waals surface area contributed by atoms with Crippen LogP contribution in [-0.4, -0.2) is 18.5 Å². The van der Waals surface area contributed by atoms with Crippen LogP contribution in [0.4, 0.5) is 5.69 Å². The van der Waals surface area contributed by atoms with Gasteiger partial charge in [0.2, 0.25) is 5.91 Å². The molecule has 0 saturated carbocycles. The van der Waals surface area contributed by atoms with Gasteiger partial charge in [0.05, 0.1) is 17.3 Å². The van der Waals surface area contributed by atoms with E-state index in [-0.39, 0.29) is 18.5 Å². The maximum absolute atomic E-state index is 11.5. The number of amides is 1. The number of anilines is 1. The Morgan fingerprint density at radius 3 is 2.88 bits per heavy atom. The highest BCUT2D eigenvalue weighted by Gasteiger charge is 2.12. The van der Waals surface area contributed by atoms with Gasteiger partial charge in [-0.15, -0.1) is 6.42 Å². The van der Waals surface area contributed by atoms with Crippen molar-refractivity contribution < 1.29 is 4.79 Å². The molecule has 0 bridgehead atoms. The van der Waals surface area contributed by atoms with Gasteiger partial charge in [-0.1, -0.05) is 29.7 Å². The molecule has 4 heteroatoms. The summed E-state index contributed by atoms with van der Waals surface area (Å²) >= 11 is 5.95. The van der Waals surface area contributed by atoms with Crippen LogP contribution in [0.5, 0.6) is 0 Å². The van der Waals surface area contributed by atoms with E-state index in [1.54, 1.807) is 13.0 Å². The first-order valence-electron chi connectivity index (χ1n) is 4.87. The Morgan fingerprint density at radius 2 is 2.25 bits per heavy atom. The normalized spacial score (nSPS) is 11.3. The third-order valence-electron chi connectivity index (χ3n) is 2.00. The molecule has 0 aliphatic carbocycles. The Balaban J connectivity index is 2.58. The Bertz CT molecular complexity index is 412. The summed E-state index contributed by atoms with van der Waals surface area (Å²) in [6.07, 6.45) is 5.05. The lowest BCUT2D eigenvalue weighted by molar-refractivity contribution is -0.121. The van der Waals surface area contributed by atoms with Crippen LogP contribution in [0.25, 0.3) is 0 Å². The molecular weight excluding hydrogens is 224 g/mol. The first-order valence-corrected chi connectivity index (χ1v) is 5.25. The summed E-state index contributed by atoms with van der Waals surface area (Å²) in [6, 6.07) is 6.87. The molecular formula is C12H13ClN2O. The molecule has 84 valence electrons. The van der Waals surface area contributed by atoms with Crippen molar-refractivity contribution in [3.63, 3.8) is 0 Å². The molecule has 2 N–H and O–H groups in total. The van der Waals surface area contributed by atoms with Crippen LogP contribution in [0, 0.1) is 12.3 Å². The van der Waals surface area contributed by atoms with E-state index < -0.39 is 0 Å². The van der Waals surface area contributed by atoms with Gasteiger partial charge < -0.3 is 10.6 Å². The molecule has 0 heterocycles. The summed E-state index contributed by atoms with van der Waals surface area (Å²) in [7, 11) is 0. The number of benzene rings is 1. The number of carbonyl (C=O) groups excluding carboxylic acids is 1. The zero-order valence-electron chi connectivity index (χ0n) is 8.96. The van der Waals surface area contributed by atoms with E-state index in [4.69, 9.17) is 18.0 Å².